The maximum absolute atomic E-state index is 14.0. The Bertz CT molecular complexity index is 655. The van der Waals surface area contributed by atoms with E-state index in [0.717, 1.165) is 30.5 Å². The molecule has 0 aliphatic heterocycles. The molecule has 1 aliphatic carbocycles. The van der Waals surface area contributed by atoms with E-state index < -0.39 is 0 Å². The zero-order chi connectivity index (χ0) is 14.1. The van der Waals surface area contributed by atoms with Crippen molar-refractivity contribution >= 4 is 0 Å². The Morgan fingerprint density at radius 1 is 1.35 bits per heavy atom. The molecule has 3 rings (SSSR count). The van der Waals surface area contributed by atoms with Crippen molar-refractivity contribution in [1.29, 1.82) is 0 Å². The second-order valence-corrected chi connectivity index (χ2v) is 5.11. The number of benzene rings is 1. The average molecular weight is 272 g/mol. The van der Waals surface area contributed by atoms with E-state index in [9.17, 15) is 4.39 Å². The van der Waals surface area contributed by atoms with Crippen LogP contribution in [-0.4, -0.2) is 4.98 Å². The molecule has 1 aliphatic rings. The monoisotopic (exact) mass is 272 g/mol. The third-order valence-corrected chi connectivity index (χ3v) is 3.67. The first-order valence-corrected chi connectivity index (χ1v) is 6.83. The number of hydrogen-bond donors (Lipinski definition) is 1. The van der Waals surface area contributed by atoms with Crippen molar-refractivity contribution in [2.75, 3.05) is 0 Å². The van der Waals surface area contributed by atoms with Gasteiger partial charge in [0.25, 0.3) is 0 Å². The van der Waals surface area contributed by atoms with Crippen LogP contribution in [0.3, 0.4) is 0 Å². The molecule has 1 aromatic heterocycles. The number of nitrogens with two attached hydrogens (primary N) is 1. The van der Waals surface area contributed by atoms with Gasteiger partial charge >= 0.3 is 0 Å². The summed E-state index contributed by atoms with van der Waals surface area (Å²) in [7, 11) is 0. The van der Waals surface area contributed by atoms with E-state index in [1.54, 1.807) is 25.1 Å². The molecule has 0 saturated heterocycles. The maximum atomic E-state index is 14.0. The van der Waals surface area contributed by atoms with Gasteiger partial charge in [-0.05, 0) is 49.4 Å². The van der Waals surface area contributed by atoms with Crippen LogP contribution in [0.1, 0.15) is 28.8 Å². The third kappa shape index (κ3) is 2.27. The summed E-state index contributed by atoms with van der Waals surface area (Å²) in [5.74, 6) is 0.278. The highest BCUT2D eigenvalue weighted by molar-refractivity contribution is 5.40. The molecule has 0 bridgehead atoms. The number of rotatable bonds is 3. The van der Waals surface area contributed by atoms with Gasteiger partial charge in [0, 0.05) is 17.8 Å². The Morgan fingerprint density at radius 2 is 2.20 bits per heavy atom. The highest BCUT2D eigenvalue weighted by atomic mass is 19.1. The van der Waals surface area contributed by atoms with Crippen LogP contribution >= 0.6 is 0 Å². The molecule has 104 valence electrons. The van der Waals surface area contributed by atoms with E-state index in [4.69, 9.17) is 10.5 Å². The molecule has 2 N–H and O–H groups in total. The fraction of sp³-hybridized carbons (Fsp3) is 0.312. The number of hydrogen-bond acceptors (Lipinski definition) is 3. The molecule has 0 atom stereocenters. The number of fused-ring (bicyclic) bond motifs is 1. The lowest BCUT2D eigenvalue weighted by molar-refractivity contribution is 0.419. The van der Waals surface area contributed by atoms with E-state index in [2.05, 4.69) is 4.98 Å². The summed E-state index contributed by atoms with van der Waals surface area (Å²) < 4.78 is 19.7. The number of ether oxygens (including phenoxy) is 1. The maximum Gasteiger partial charge on any atom is 0.224 e. The third-order valence-electron chi connectivity index (χ3n) is 3.67. The second kappa shape index (κ2) is 5.21. The first-order valence-electron chi connectivity index (χ1n) is 6.83. The second-order valence-electron chi connectivity index (χ2n) is 5.11. The van der Waals surface area contributed by atoms with Crippen LogP contribution in [0, 0.1) is 12.7 Å². The summed E-state index contributed by atoms with van der Waals surface area (Å²) in [5, 5.41) is 0. The van der Waals surface area contributed by atoms with E-state index in [1.165, 1.54) is 5.56 Å². The zero-order valence-electron chi connectivity index (χ0n) is 11.4. The van der Waals surface area contributed by atoms with Crippen molar-refractivity contribution in [3.05, 3.63) is 52.5 Å². The van der Waals surface area contributed by atoms with Gasteiger partial charge in [-0.2, -0.15) is 0 Å². The Morgan fingerprint density at radius 3 is 3.00 bits per heavy atom. The highest BCUT2D eigenvalue weighted by Gasteiger charge is 2.18. The fourth-order valence-electron chi connectivity index (χ4n) is 2.54. The Hall–Kier alpha value is -1.94. The summed E-state index contributed by atoms with van der Waals surface area (Å²) in [6.07, 6.45) is 3.09. The lowest BCUT2D eigenvalue weighted by Crippen LogP contribution is -2.05. The Balaban J connectivity index is 2.00. The Labute approximate surface area is 117 Å². The number of pyridine rings is 1. The van der Waals surface area contributed by atoms with Gasteiger partial charge in [-0.15, -0.1) is 0 Å². The molecule has 1 heterocycles. The number of aromatic nitrogens is 1. The van der Waals surface area contributed by atoms with Crippen LogP contribution < -0.4 is 10.5 Å². The summed E-state index contributed by atoms with van der Waals surface area (Å²) in [6, 6.07) is 7.13. The minimum Gasteiger partial charge on any atom is -0.436 e. The largest absolute Gasteiger partial charge is 0.436 e. The lowest BCUT2D eigenvalue weighted by atomic mass is 10.1. The van der Waals surface area contributed by atoms with E-state index in [0.29, 0.717) is 18.0 Å². The minimum absolute atomic E-state index is 0.199. The topological polar surface area (TPSA) is 48.1 Å². The van der Waals surface area contributed by atoms with Gasteiger partial charge in [0.05, 0.1) is 0 Å². The molecule has 0 radical (unpaired) electrons. The van der Waals surface area contributed by atoms with E-state index in [1.807, 2.05) is 6.07 Å². The van der Waals surface area contributed by atoms with Gasteiger partial charge in [-0.25, -0.2) is 9.37 Å². The normalized spacial score (nSPS) is 13.3. The van der Waals surface area contributed by atoms with Crippen molar-refractivity contribution < 1.29 is 9.13 Å². The molecule has 0 unspecified atom stereocenters. The Kier molecular flexibility index (Phi) is 3.40. The van der Waals surface area contributed by atoms with Gasteiger partial charge < -0.3 is 10.5 Å². The standard InChI is InChI=1S/C16H17FN2O/c1-10-4-2-7-14(15(10)17)20-16-12(9-18)8-11-5-3-6-13(11)19-16/h2,4,7-8H,3,5-6,9,18H2,1H3. The SMILES string of the molecule is Cc1cccc(Oc2nc3c(cc2CN)CCC3)c1F. The summed E-state index contributed by atoms with van der Waals surface area (Å²) in [6.45, 7) is 2.05. The fourth-order valence-corrected chi connectivity index (χ4v) is 2.54. The zero-order valence-corrected chi connectivity index (χ0v) is 11.4. The molecule has 20 heavy (non-hydrogen) atoms. The van der Waals surface area contributed by atoms with E-state index in [-0.39, 0.29) is 11.6 Å². The molecular weight excluding hydrogens is 255 g/mol. The van der Waals surface area contributed by atoms with Crippen LogP contribution in [0.2, 0.25) is 0 Å². The van der Waals surface area contributed by atoms with Crippen LogP contribution in [0.15, 0.2) is 24.3 Å². The molecule has 0 fully saturated rings. The van der Waals surface area contributed by atoms with E-state index >= 15 is 0 Å². The van der Waals surface area contributed by atoms with Crippen molar-refractivity contribution in [3.63, 3.8) is 0 Å². The number of halogens is 1. The molecule has 1 aromatic carbocycles. The number of nitrogens with zero attached hydrogens (tertiary/aromatic N) is 1. The quantitative estimate of drug-likeness (QED) is 0.932. The lowest BCUT2D eigenvalue weighted by Gasteiger charge is -2.12. The molecule has 0 amide bonds. The minimum atomic E-state index is -0.349. The first kappa shape index (κ1) is 13.1. The van der Waals surface area contributed by atoms with Crippen molar-refractivity contribution in [2.24, 2.45) is 5.73 Å². The predicted molar refractivity (Wildman–Crippen MR) is 75.4 cm³/mol. The summed E-state index contributed by atoms with van der Waals surface area (Å²) in [4.78, 5) is 4.52. The molecule has 4 heteroatoms. The average Bonchev–Trinajstić information content (AvgIpc) is 2.90. The van der Waals surface area contributed by atoms with Gasteiger partial charge in [-0.3, -0.25) is 0 Å². The van der Waals surface area contributed by atoms with Gasteiger partial charge in [0.15, 0.2) is 11.6 Å². The molecule has 0 spiro atoms. The molecular formula is C16H17FN2O. The van der Waals surface area contributed by atoms with Gasteiger partial charge in [-0.1, -0.05) is 12.1 Å². The first-order chi connectivity index (χ1) is 9.69. The summed E-state index contributed by atoms with van der Waals surface area (Å²) in [5.41, 5.74) is 9.42. The van der Waals surface area contributed by atoms with Crippen LogP contribution in [-0.2, 0) is 19.4 Å². The predicted octanol–water partition coefficient (Wildman–Crippen LogP) is 3.27. The van der Waals surface area contributed by atoms with Crippen LogP contribution in [0.25, 0.3) is 0 Å². The number of aryl methyl sites for hydroxylation is 3. The van der Waals surface area contributed by atoms with Crippen LogP contribution in [0.4, 0.5) is 4.39 Å². The van der Waals surface area contributed by atoms with Crippen molar-refractivity contribution in [1.82, 2.24) is 4.98 Å². The van der Waals surface area contributed by atoms with Gasteiger partial charge in [0.2, 0.25) is 5.88 Å². The molecule has 0 saturated carbocycles. The van der Waals surface area contributed by atoms with Crippen molar-refractivity contribution in [3.8, 4) is 11.6 Å². The summed E-state index contributed by atoms with van der Waals surface area (Å²) >= 11 is 0. The molecule has 3 nitrogen and oxygen atoms in total. The van der Waals surface area contributed by atoms with Gasteiger partial charge in [0.1, 0.15) is 0 Å². The van der Waals surface area contributed by atoms with Crippen LogP contribution in [0.5, 0.6) is 11.6 Å². The molecule has 2 aromatic rings. The van der Waals surface area contributed by atoms with Crippen molar-refractivity contribution in [2.45, 2.75) is 32.7 Å². The smallest absolute Gasteiger partial charge is 0.224 e. The highest BCUT2D eigenvalue weighted by Crippen LogP contribution is 2.31.